The second-order valence-corrected chi connectivity index (χ2v) is 3.02. The largest absolute Gasteiger partial charge is 0.479 e. The van der Waals surface area contributed by atoms with Crippen molar-refractivity contribution in [3.63, 3.8) is 0 Å². The van der Waals surface area contributed by atoms with Gasteiger partial charge in [0, 0.05) is 6.54 Å². The van der Waals surface area contributed by atoms with Crippen molar-refractivity contribution in [2.24, 2.45) is 0 Å². The number of rotatable bonds is 3. The van der Waals surface area contributed by atoms with E-state index in [0.717, 1.165) is 0 Å². The molecule has 14 heavy (non-hydrogen) atoms. The zero-order chi connectivity index (χ0) is 10.6. The van der Waals surface area contributed by atoms with Crippen molar-refractivity contribution in [3.8, 4) is 12.3 Å². The van der Waals surface area contributed by atoms with E-state index in [2.05, 4.69) is 5.32 Å². The molecule has 0 aliphatic carbocycles. The summed E-state index contributed by atoms with van der Waals surface area (Å²) in [5.41, 5.74) is 0. The second-order valence-electron chi connectivity index (χ2n) is 3.02. The Morgan fingerprint density at radius 1 is 1.57 bits per heavy atom. The SMILES string of the molecule is C#CC(=O)NCC1CCC(C(=O)O)O1. The Morgan fingerprint density at radius 2 is 2.29 bits per heavy atom. The summed E-state index contributed by atoms with van der Waals surface area (Å²) in [5.74, 6) is 0.432. The molecule has 0 saturated carbocycles. The molecule has 76 valence electrons. The van der Waals surface area contributed by atoms with Gasteiger partial charge in [-0.1, -0.05) is 0 Å². The number of carbonyl (C=O) groups is 2. The summed E-state index contributed by atoms with van der Waals surface area (Å²) >= 11 is 0. The highest BCUT2D eigenvalue weighted by Crippen LogP contribution is 2.18. The van der Waals surface area contributed by atoms with E-state index in [1.807, 2.05) is 5.92 Å². The first-order valence-electron chi connectivity index (χ1n) is 4.26. The van der Waals surface area contributed by atoms with E-state index >= 15 is 0 Å². The van der Waals surface area contributed by atoms with Crippen LogP contribution in [-0.4, -0.2) is 35.7 Å². The average Bonchev–Trinajstić information content (AvgIpc) is 2.62. The maximum atomic E-state index is 10.7. The number of terminal acetylenes is 1. The quantitative estimate of drug-likeness (QED) is 0.590. The fourth-order valence-electron chi connectivity index (χ4n) is 1.30. The third kappa shape index (κ3) is 2.75. The lowest BCUT2D eigenvalue weighted by Crippen LogP contribution is -2.32. The summed E-state index contributed by atoms with van der Waals surface area (Å²) in [4.78, 5) is 21.2. The van der Waals surface area contributed by atoms with E-state index in [1.54, 1.807) is 0 Å². The number of ether oxygens (including phenoxy) is 1. The van der Waals surface area contributed by atoms with Crippen LogP contribution in [0.5, 0.6) is 0 Å². The van der Waals surface area contributed by atoms with Crippen molar-refractivity contribution in [1.82, 2.24) is 5.32 Å². The highest BCUT2D eigenvalue weighted by Gasteiger charge is 2.30. The van der Waals surface area contributed by atoms with Gasteiger partial charge in [0.2, 0.25) is 0 Å². The van der Waals surface area contributed by atoms with Crippen LogP contribution in [-0.2, 0) is 14.3 Å². The van der Waals surface area contributed by atoms with E-state index in [0.29, 0.717) is 12.8 Å². The molecule has 5 heteroatoms. The Morgan fingerprint density at radius 3 is 2.79 bits per heavy atom. The van der Waals surface area contributed by atoms with Crippen LogP contribution >= 0.6 is 0 Å². The van der Waals surface area contributed by atoms with Crippen LogP contribution in [0, 0.1) is 12.3 Å². The molecule has 0 bridgehead atoms. The van der Waals surface area contributed by atoms with Gasteiger partial charge < -0.3 is 15.2 Å². The maximum Gasteiger partial charge on any atom is 0.332 e. The molecule has 1 saturated heterocycles. The summed E-state index contributed by atoms with van der Waals surface area (Å²) in [6.45, 7) is 0.271. The van der Waals surface area contributed by atoms with Gasteiger partial charge in [0.05, 0.1) is 6.10 Å². The van der Waals surface area contributed by atoms with E-state index in [4.69, 9.17) is 16.3 Å². The van der Waals surface area contributed by atoms with Gasteiger partial charge in [0.1, 0.15) is 0 Å². The van der Waals surface area contributed by atoms with Gasteiger partial charge in [-0.05, 0) is 18.8 Å². The Kier molecular flexibility index (Phi) is 3.48. The Hall–Kier alpha value is -1.54. The summed E-state index contributed by atoms with van der Waals surface area (Å²) < 4.78 is 5.13. The number of hydrogen-bond donors (Lipinski definition) is 2. The monoisotopic (exact) mass is 197 g/mol. The van der Waals surface area contributed by atoms with Gasteiger partial charge in [-0.3, -0.25) is 4.79 Å². The lowest BCUT2D eigenvalue weighted by Gasteiger charge is -2.10. The van der Waals surface area contributed by atoms with Gasteiger partial charge in [0.15, 0.2) is 6.10 Å². The summed E-state index contributed by atoms with van der Waals surface area (Å²) in [6.07, 6.45) is 4.95. The molecule has 1 fully saturated rings. The molecule has 1 heterocycles. The highest BCUT2D eigenvalue weighted by molar-refractivity contribution is 5.92. The second kappa shape index (κ2) is 4.63. The third-order valence-corrected chi connectivity index (χ3v) is 2.00. The molecule has 1 aliphatic heterocycles. The van der Waals surface area contributed by atoms with Crippen molar-refractivity contribution in [3.05, 3.63) is 0 Å². The van der Waals surface area contributed by atoms with Gasteiger partial charge in [-0.15, -0.1) is 6.42 Å². The highest BCUT2D eigenvalue weighted by atomic mass is 16.5. The number of amides is 1. The standard InChI is InChI=1S/C9H11NO4/c1-2-8(11)10-5-6-3-4-7(14-6)9(12)13/h1,6-7H,3-5H2,(H,10,11)(H,12,13). The zero-order valence-corrected chi connectivity index (χ0v) is 7.53. The molecule has 0 aromatic heterocycles. The predicted molar refractivity (Wildman–Crippen MR) is 47.4 cm³/mol. The summed E-state index contributed by atoms with van der Waals surface area (Å²) in [5, 5.41) is 11.1. The molecular weight excluding hydrogens is 186 g/mol. The molecule has 1 aliphatic rings. The van der Waals surface area contributed by atoms with Crippen LogP contribution in [0.4, 0.5) is 0 Å². The molecule has 2 atom stereocenters. The number of hydrogen-bond acceptors (Lipinski definition) is 3. The first kappa shape index (κ1) is 10.5. The van der Waals surface area contributed by atoms with E-state index in [1.165, 1.54) is 0 Å². The van der Waals surface area contributed by atoms with Gasteiger partial charge in [0.25, 0.3) is 5.91 Å². The average molecular weight is 197 g/mol. The van der Waals surface area contributed by atoms with Crippen LogP contribution in [0.15, 0.2) is 0 Å². The first-order chi connectivity index (χ1) is 6.63. The summed E-state index contributed by atoms with van der Waals surface area (Å²) in [7, 11) is 0. The first-order valence-corrected chi connectivity index (χ1v) is 4.26. The van der Waals surface area contributed by atoms with E-state index < -0.39 is 18.0 Å². The molecular formula is C9H11NO4. The molecule has 0 spiro atoms. The smallest absolute Gasteiger partial charge is 0.332 e. The van der Waals surface area contributed by atoms with Crippen LogP contribution < -0.4 is 5.32 Å². The van der Waals surface area contributed by atoms with Crippen molar-refractivity contribution in [1.29, 1.82) is 0 Å². The van der Waals surface area contributed by atoms with Gasteiger partial charge in [-0.2, -0.15) is 0 Å². The van der Waals surface area contributed by atoms with Crippen LogP contribution in [0.1, 0.15) is 12.8 Å². The van der Waals surface area contributed by atoms with Crippen LogP contribution in [0.25, 0.3) is 0 Å². The normalized spacial score (nSPS) is 25.4. The molecule has 5 nitrogen and oxygen atoms in total. The van der Waals surface area contributed by atoms with Crippen molar-refractivity contribution < 1.29 is 19.4 Å². The number of nitrogens with one attached hydrogen (secondary N) is 1. The summed E-state index contributed by atoms with van der Waals surface area (Å²) in [6, 6.07) is 0. The number of carbonyl (C=O) groups excluding carboxylic acids is 1. The predicted octanol–water partition coefficient (Wildman–Crippen LogP) is -0.632. The third-order valence-electron chi connectivity index (χ3n) is 2.00. The molecule has 0 aromatic carbocycles. The fourth-order valence-corrected chi connectivity index (χ4v) is 1.30. The van der Waals surface area contributed by atoms with Crippen molar-refractivity contribution in [2.45, 2.75) is 25.0 Å². The van der Waals surface area contributed by atoms with Crippen LogP contribution in [0.2, 0.25) is 0 Å². The van der Waals surface area contributed by atoms with Crippen LogP contribution in [0.3, 0.4) is 0 Å². The maximum absolute atomic E-state index is 10.7. The Bertz CT molecular complexity index is 281. The fraction of sp³-hybridized carbons (Fsp3) is 0.556. The van der Waals surface area contributed by atoms with Gasteiger partial charge >= 0.3 is 5.97 Å². The zero-order valence-electron chi connectivity index (χ0n) is 7.53. The minimum Gasteiger partial charge on any atom is -0.479 e. The minimum atomic E-state index is -0.962. The lowest BCUT2D eigenvalue weighted by atomic mass is 10.2. The molecule has 1 amide bonds. The number of carboxylic acid groups (broad SMARTS) is 1. The van der Waals surface area contributed by atoms with E-state index in [-0.39, 0.29) is 12.6 Å². The molecule has 2 N–H and O–H groups in total. The Labute approximate surface area is 81.4 Å². The van der Waals surface area contributed by atoms with E-state index in [9.17, 15) is 9.59 Å². The molecule has 1 rings (SSSR count). The molecule has 0 aromatic rings. The molecule has 0 radical (unpaired) electrons. The van der Waals surface area contributed by atoms with Crippen molar-refractivity contribution in [2.75, 3.05) is 6.54 Å². The Balaban J connectivity index is 2.27. The minimum absolute atomic E-state index is 0.242. The lowest BCUT2D eigenvalue weighted by molar-refractivity contribution is -0.149. The number of carboxylic acids is 1. The topological polar surface area (TPSA) is 75.6 Å². The van der Waals surface area contributed by atoms with Gasteiger partial charge in [-0.25, -0.2) is 4.79 Å². The molecule has 2 unspecified atom stereocenters. The number of aliphatic carboxylic acids is 1. The van der Waals surface area contributed by atoms with Crippen molar-refractivity contribution >= 4 is 11.9 Å².